The number of carbonyl (C=O) groups excluding carboxylic acids is 2. The zero-order chi connectivity index (χ0) is 28.3. The molecule has 4 aliphatic rings. The number of unbranched alkanes of at least 4 members (excludes halogenated alkanes) is 1. The van der Waals surface area contributed by atoms with Crippen LogP contribution >= 0.6 is 0 Å². The number of rotatable bonds is 7. The van der Waals surface area contributed by atoms with Gasteiger partial charge in [0.25, 0.3) is 5.91 Å². The van der Waals surface area contributed by atoms with Gasteiger partial charge in [-0.25, -0.2) is 9.97 Å². The van der Waals surface area contributed by atoms with E-state index in [0.29, 0.717) is 23.8 Å². The number of aryl methyl sites for hydroxylation is 2. The molecule has 5 rings (SSSR count). The maximum Gasteiger partial charge on any atom is 0.257 e. The zero-order valence-corrected chi connectivity index (χ0v) is 25.4. The average molecular weight is 554 g/mol. The second-order valence-electron chi connectivity index (χ2n) is 13.4. The first-order valence-electron chi connectivity index (χ1n) is 16.0. The number of hydrogen-bond acceptors (Lipinski definition) is 6. The monoisotopic (exact) mass is 553 g/mol. The summed E-state index contributed by atoms with van der Waals surface area (Å²) in [7, 11) is 0. The van der Waals surface area contributed by atoms with Crippen molar-refractivity contribution in [3.63, 3.8) is 0 Å². The fourth-order valence-electron chi connectivity index (χ4n) is 7.99. The minimum Gasteiger partial charge on any atom is -0.376 e. The van der Waals surface area contributed by atoms with Crippen LogP contribution in [0.1, 0.15) is 106 Å². The van der Waals surface area contributed by atoms with Crippen LogP contribution in [-0.2, 0) is 9.53 Å². The van der Waals surface area contributed by atoms with Crippen LogP contribution in [0.4, 0.5) is 0 Å². The van der Waals surface area contributed by atoms with Gasteiger partial charge in [0.15, 0.2) is 0 Å². The maximum absolute atomic E-state index is 13.5. The largest absolute Gasteiger partial charge is 0.376 e. The Kier molecular flexibility index (Phi) is 9.15. The van der Waals surface area contributed by atoms with Crippen LogP contribution in [0.2, 0.25) is 0 Å². The molecule has 0 bridgehead atoms. The van der Waals surface area contributed by atoms with E-state index in [-0.39, 0.29) is 23.0 Å². The molecular formula is C32H51N5O3. The first-order valence-corrected chi connectivity index (χ1v) is 16.0. The Labute approximate surface area is 241 Å². The van der Waals surface area contributed by atoms with Crippen molar-refractivity contribution in [2.24, 2.45) is 11.3 Å². The highest BCUT2D eigenvalue weighted by Gasteiger charge is 2.50. The van der Waals surface area contributed by atoms with E-state index in [2.05, 4.69) is 33.6 Å². The summed E-state index contributed by atoms with van der Waals surface area (Å²) in [5, 5.41) is 0. The molecular weight excluding hydrogens is 502 g/mol. The van der Waals surface area contributed by atoms with Crippen LogP contribution in [0.25, 0.3) is 0 Å². The molecule has 0 N–H and O–H groups in total. The van der Waals surface area contributed by atoms with Crippen LogP contribution in [0, 0.1) is 25.2 Å². The summed E-state index contributed by atoms with van der Waals surface area (Å²) in [5.41, 5.74) is 2.42. The smallest absolute Gasteiger partial charge is 0.257 e. The first kappa shape index (κ1) is 29.4. The molecule has 0 radical (unpaired) electrons. The van der Waals surface area contributed by atoms with Crippen LogP contribution in [-0.4, -0.2) is 94.0 Å². The quantitative estimate of drug-likeness (QED) is 0.484. The fraction of sp³-hybridized carbons (Fsp3) is 0.812. The van der Waals surface area contributed by atoms with Gasteiger partial charge in [-0.1, -0.05) is 19.8 Å². The second kappa shape index (κ2) is 12.4. The molecule has 4 saturated heterocycles. The molecule has 8 heteroatoms. The number of nitrogens with zero attached hydrogens (tertiary/aromatic N) is 5. The van der Waals surface area contributed by atoms with Crippen LogP contribution in [0.5, 0.6) is 0 Å². The van der Waals surface area contributed by atoms with Gasteiger partial charge in [0.05, 0.1) is 23.1 Å². The molecule has 0 aliphatic carbocycles. The molecule has 1 spiro atoms. The Morgan fingerprint density at radius 1 is 1.05 bits per heavy atom. The van der Waals surface area contributed by atoms with Gasteiger partial charge in [-0.3, -0.25) is 14.5 Å². The Bertz CT molecular complexity index is 1020. The molecule has 2 amide bonds. The van der Waals surface area contributed by atoms with E-state index in [9.17, 15) is 9.59 Å². The maximum atomic E-state index is 13.5. The van der Waals surface area contributed by atoms with Gasteiger partial charge >= 0.3 is 0 Å². The van der Waals surface area contributed by atoms with Crippen molar-refractivity contribution in [2.75, 3.05) is 45.9 Å². The van der Waals surface area contributed by atoms with E-state index >= 15 is 0 Å². The molecule has 0 saturated carbocycles. The van der Waals surface area contributed by atoms with Gasteiger partial charge in [-0.15, -0.1) is 0 Å². The van der Waals surface area contributed by atoms with Crippen LogP contribution in [0.3, 0.4) is 0 Å². The van der Waals surface area contributed by atoms with Gasteiger partial charge in [0.1, 0.15) is 6.33 Å². The van der Waals surface area contributed by atoms with Gasteiger partial charge in [-0.05, 0) is 96.6 Å². The summed E-state index contributed by atoms with van der Waals surface area (Å²) >= 11 is 0. The molecule has 5 heterocycles. The van der Waals surface area contributed by atoms with Crippen molar-refractivity contribution >= 4 is 11.8 Å². The average Bonchev–Trinajstić information content (AvgIpc) is 2.95. The molecule has 40 heavy (non-hydrogen) atoms. The minimum atomic E-state index is 0.0675. The summed E-state index contributed by atoms with van der Waals surface area (Å²) in [6, 6.07) is 0. The number of carbonyl (C=O) groups is 2. The lowest BCUT2D eigenvalue weighted by Crippen LogP contribution is -2.60. The summed E-state index contributed by atoms with van der Waals surface area (Å²) in [5.74, 6) is 1.00. The van der Waals surface area contributed by atoms with E-state index in [1.54, 1.807) is 0 Å². The van der Waals surface area contributed by atoms with Crippen LogP contribution in [0.15, 0.2) is 6.33 Å². The van der Waals surface area contributed by atoms with E-state index in [1.165, 1.54) is 32.0 Å². The van der Waals surface area contributed by atoms with E-state index < -0.39 is 0 Å². The normalized spacial score (nSPS) is 27.2. The van der Waals surface area contributed by atoms with Crippen molar-refractivity contribution in [2.45, 2.75) is 110 Å². The zero-order valence-electron chi connectivity index (χ0n) is 25.4. The summed E-state index contributed by atoms with van der Waals surface area (Å²) in [6.07, 6.45) is 13.8. The Hall–Kier alpha value is -2.06. The molecule has 8 nitrogen and oxygen atoms in total. The summed E-state index contributed by atoms with van der Waals surface area (Å²) in [4.78, 5) is 42.2. The van der Waals surface area contributed by atoms with Crippen molar-refractivity contribution in [3.8, 4) is 0 Å². The second-order valence-corrected chi connectivity index (χ2v) is 13.4. The lowest BCUT2D eigenvalue weighted by atomic mass is 9.62. The number of hydrogen-bond donors (Lipinski definition) is 0. The van der Waals surface area contributed by atoms with Crippen molar-refractivity contribution < 1.29 is 14.3 Å². The lowest BCUT2D eigenvalue weighted by molar-refractivity contribution is -0.149. The van der Waals surface area contributed by atoms with Gasteiger partial charge in [0, 0.05) is 44.7 Å². The number of ether oxygens (including phenoxy) is 1. The highest BCUT2D eigenvalue weighted by atomic mass is 16.5. The third kappa shape index (κ3) is 6.08. The van der Waals surface area contributed by atoms with Crippen molar-refractivity contribution in [1.82, 2.24) is 24.7 Å². The van der Waals surface area contributed by atoms with E-state index in [0.717, 1.165) is 95.8 Å². The van der Waals surface area contributed by atoms with E-state index in [4.69, 9.17) is 4.74 Å². The summed E-state index contributed by atoms with van der Waals surface area (Å²) < 4.78 is 6.00. The molecule has 0 aromatic carbocycles. The Morgan fingerprint density at radius 2 is 1.75 bits per heavy atom. The lowest BCUT2D eigenvalue weighted by Gasteiger charge is -2.56. The predicted octanol–water partition coefficient (Wildman–Crippen LogP) is 4.78. The Morgan fingerprint density at radius 3 is 2.38 bits per heavy atom. The highest BCUT2D eigenvalue weighted by molar-refractivity contribution is 5.96. The molecule has 4 fully saturated rings. The molecule has 4 aliphatic heterocycles. The predicted molar refractivity (Wildman–Crippen MR) is 156 cm³/mol. The van der Waals surface area contributed by atoms with Crippen molar-refractivity contribution in [1.29, 1.82) is 0 Å². The van der Waals surface area contributed by atoms with Gasteiger partial charge in [-0.2, -0.15) is 0 Å². The fourth-order valence-corrected chi connectivity index (χ4v) is 7.99. The third-order valence-electron chi connectivity index (χ3n) is 10.9. The van der Waals surface area contributed by atoms with Gasteiger partial charge < -0.3 is 14.5 Å². The number of aromatic nitrogens is 2. The molecule has 1 aromatic heterocycles. The number of piperidine rings is 3. The van der Waals surface area contributed by atoms with Crippen LogP contribution < -0.4 is 0 Å². The minimum absolute atomic E-state index is 0.0675. The highest BCUT2D eigenvalue weighted by Crippen LogP contribution is 2.49. The SMILES string of the molecule is CCCCC1CN(CC2CCCCO2)C(=O)CC12CCN(C1(C)CCN(C(=O)c3c(C)ncnc3C)CC1)CC2. The molecule has 222 valence electrons. The molecule has 2 atom stereocenters. The molecule has 2 unspecified atom stereocenters. The Balaban J connectivity index is 1.19. The van der Waals surface area contributed by atoms with Gasteiger partial charge in [0.2, 0.25) is 5.91 Å². The topological polar surface area (TPSA) is 78.9 Å². The summed E-state index contributed by atoms with van der Waals surface area (Å²) in [6.45, 7) is 14.6. The van der Waals surface area contributed by atoms with Crippen molar-refractivity contribution in [3.05, 3.63) is 23.3 Å². The standard InChI is InChI=1S/C32H51N5O3/c1-5-6-9-26-21-36(22-27-10-7-8-19-40-27)28(38)20-32(26)13-17-37(18-14-32)31(4)11-15-35(16-12-31)30(39)29-24(2)33-23-34-25(29)3/h23,26-27H,5-22H2,1-4H3. The third-order valence-corrected chi connectivity index (χ3v) is 10.9. The van der Waals surface area contributed by atoms with E-state index in [1.807, 2.05) is 18.7 Å². The molecule has 1 aromatic rings. The number of amides is 2. The first-order chi connectivity index (χ1) is 19.2. The number of likely N-dealkylation sites (tertiary alicyclic amines) is 3.